The maximum absolute atomic E-state index is 13.1. The summed E-state index contributed by atoms with van der Waals surface area (Å²) in [7, 11) is 0. The minimum Gasteiger partial charge on any atom is -0.207 e. The van der Waals surface area contributed by atoms with Crippen molar-refractivity contribution in [3.63, 3.8) is 0 Å². The lowest BCUT2D eigenvalue weighted by molar-refractivity contribution is 0.630. The van der Waals surface area contributed by atoms with Gasteiger partial charge in [0.15, 0.2) is 0 Å². The van der Waals surface area contributed by atoms with Gasteiger partial charge in [-0.05, 0) is 30.7 Å². The van der Waals surface area contributed by atoms with Crippen LogP contribution in [0.4, 0.5) is 4.39 Å². The zero-order valence-corrected chi connectivity index (χ0v) is 9.07. The molecule has 0 radical (unpaired) electrons. The first kappa shape index (κ1) is 8.86. The number of rotatable bonds is 0. The van der Waals surface area contributed by atoms with E-state index in [4.69, 9.17) is 0 Å². The molecule has 0 N–H and O–H groups in total. The number of thiophene rings is 1. The van der Waals surface area contributed by atoms with Gasteiger partial charge in [-0.15, -0.1) is 11.3 Å². The second-order valence-electron chi connectivity index (χ2n) is 3.69. The van der Waals surface area contributed by atoms with E-state index in [-0.39, 0.29) is 5.82 Å². The van der Waals surface area contributed by atoms with Crippen LogP contribution < -0.4 is 0 Å². The largest absolute Gasteiger partial charge is 0.207 e. The smallest absolute Gasteiger partial charge is 0.123 e. The molecule has 0 nitrogen and oxygen atoms in total. The van der Waals surface area contributed by atoms with Crippen molar-refractivity contribution in [3.8, 4) is 0 Å². The molecule has 0 bridgehead atoms. The third-order valence-electron chi connectivity index (χ3n) is 2.66. The molecule has 3 rings (SSSR count). The molecule has 0 spiro atoms. The molecular formula is C13H9FS. The van der Waals surface area contributed by atoms with E-state index in [0.717, 1.165) is 15.5 Å². The molecule has 3 aromatic rings. The predicted molar refractivity (Wildman–Crippen MR) is 64.0 cm³/mol. The monoisotopic (exact) mass is 216 g/mol. The summed E-state index contributed by atoms with van der Waals surface area (Å²) in [6.07, 6.45) is 0. The Labute approximate surface area is 91.0 Å². The van der Waals surface area contributed by atoms with Crippen molar-refractivity contribution in [2.24, 2.45) is 0 Å². The average molecular weight is 216 g/mol. The Morgan fingerprint density at radius 3 is 2.80 bits per heavy atom. The van der Waals surface area contributed by atoms with Gasteiger partial charge in [0.25, 0.3) is 0 Å². The van der Waals surface area contributed by atoms with E-state index in [1.165, 1.54) is 16.3 Å². The Morgan fingerprint density at radius 1 is 1.07 bits per heavy atom. The molecular weight excluding hydrogens is 207 g/mol. The highest BCUT2D eigenvalue weighted by atomic mass is 32.1. The molecule has 0 unspecified atom stereocenters. The van der Waals surface area contributed by atoms with Gasteiger partial charge in [0.1, 0.15) is 5.82 Å². The van der Waals surface area contributed by atoms with Crippen LogP contribution in [0.5, 0.6) is 0 Å². The summed E-state index contributed by atoms with van der Waals surface area (Å²) in [5, 5.41) is 2.19. The number of fused-ring (bicyclic) bond motifs is 3. The number of benzene rings is 2. The number of hydrogen-bond acceptors (Lipinski definition) is 1. The molecule has 0 saturated heterocycles. The average Bonchev–Trinajstić information content (AvgIpc) is 2.58. The number of hydrogen-bond donors (Lipinski definition) is 0. The molecule has 1 heterocycles. The zero-order valence-electron chi connectivity index (χ0n) is 8.25. The summed E-state index contributed by atoms with van der Waals surface area (Å²) < 4.78 is 15.6. The van der Waals surface area contributed by atoms with Gasteiger partial charge in [-0.25, -0.2) is 4.39 Å². The molecule has 74 valence electrons. The summed E-state index contributed by atoms with van der Waals surface area (Å²) in [6, 6.07) is 11.2. The number of aryl methyl sites for hydroxylation is 1. The van der Waals surface area contributed by atoms with E-state index >= 15 is 0 Å². The standard InChI is InChI=1S/C13H9FS/c1-8-3-2-4-10-11-7-9(14)5-6-12(11)15-13(8)10/h2-7H,1H3. The fourth-order valence-corrected chi connectivity index (χ4v) is 3.06. The molecule has 0 atom stereocenters. The minimum atomic E-state index is -0.163. The molecule has 0 fully saturated rings. The SMILES string of the molecule is Cc1cccc2c1sc1ccc(F)cc12. The lowest BCUT2D eigenvalue weighted by atomic mass is 10.1. The molecule has 1 aromatic heterocycles. The Hall–Kier alpha value is -1.41. The van der Waals surface area contributed by atoms with Gasteiger partial charge < -0.3 is 0 Å². The van der Waals surface area contributed by atoms with Gasteiger partial charge in [0, 0.05) is 20.2 Å². The highest BCUT2D eigenvalue weighted by molar-refractivity contribution is 7.26. The first-order valence-electron chi connectivity index (χ1n) is 4.83. The fourth-order valence-electron chi connectivity index (χ4n) is 1.91. The van der Waals surface area contributed by atoms with Crippen LogP contribution in [0.2, 0.25) is 0 Å². The van der Waals surface area contributed by atoms with E-state index in [1.54, 1.807) is 17.4 Å². The van der Waals surface area contributed by atoms with Crippen molar-refractivity contribution >= 4 is 31.5 Å². The molecule has 2 heteroatoms. The van der Waals surface area contributed by atoms with Gasteiger partial charge in [0.2, 0.25) is 0 Å². The van der Waals surface area contributed by atoms with E-state index in [9.17, 15) is 4.39 Å². The van der Waals surface area contributed by atoms with Crippen molar-refractivity contribution in [1.29, 1.82) is 0 Å². The van der Waals surface area contributed by atoms with E-state index in [0.29, 0.717) is 0 Å². The van der Waals surface area contributed by atoms with Crippen molar-refractivity contribution < 1.29 is 4.39 Å². The van der Waals surface area contributed by atoms with Gasteiger partial charge >= 0.3 is 0 Å². The van der Waals surface area contributed by atoms with Crippen molar-refractivity contribution in [2.75, 3.05) is 0 Å². The summed E-state index contributed by atoms with van der Waals surface area (Å²) in [5.41, 5.74) is 1.26. The fraction of sp³-hybridized carbons (Fsp3) is 0.0769. The lowest BCUT2D eigenvalue weighted by Gasteiger charge is -1.94. The second-order valence-corrected chi connectivity index (χ2v) is 4.75. The van der Waals surface area contributed by atoms with Crippen LogP contribution in [-0.4, -0.2) is 0 Å². The first-order valence-corrected chi connectivity index (χ1v) is 5.65. The van der Waals surface area contributed by atoms with Crippen LogP contribution in [0.15, 0.2) is 36.4 Å². The first-order chi connectivity index (χ1) is 7.25. The summed E-state index contributed by atoms with van der Waals surface area (Å²) in [5.74, 6) is -0.163. The van der Waals surface area contributed by atoms with Gasteiger partial charge in [-0.3, -0.25) is 0 Å². The van der Waals surface area contributed by atoms with Crippen LogP contribution >= 0.6 is 11.3 Å². The molecule has 0 amide bonds. The van der Waals surface area contributed by atoms with E-state index in [2.05, 4.69) is 19.1 Å². The van der Waals surface area contributed by atoms with Crippen molar-refractivity contribution in [1.82, 2.24) is 0 Å². The molecule has 0 saturated carbocycles. The minimum absolute atomic E-state index is 0.163. The summed E-state index contributed by atoms with van der Waals surface area (Å²) in [4.78, 5) is 0. The maximum atomic E-state index is 13.1. The predicted octanol–water partition coefficient (Wildman–Crippen LogP) is 4.50. The lowest BCUT2D eigenvalue weighted by Crippen LogP contribution is -1.72. The quantitative estimate of drug-likeness (QED) is 0.519. The maximum Gasteiger partial charge on any atom is 0.123 e. The Kier molecular flexibility index (Phi) is 1.80. The Morgan fingerprint density at radius 2 is 1.93 bits per heavy atom. The molecule has 0 aliphatic heterocycles. The molecule has 2 aromatic carbocycles. The van der Waals surface area contributed by atoms with Crippen LogP contribution in [0.3, 0.4) is 0 Å². The zero-order chi connectivity index (χ0) is 10.4. The Bertz CT molecular complexity index is 652. The van der Waals surface area contributed by atoms with Crippen LogP contribution in [-0.2, 0) is 0 Å². The second kappa shape index (κ2) is 3.04. The Balaban J connectivity index is 2.58. The summed E-state index contributed by atoms with van der Waals surface area (Å²) in [6.45, 7) is 2.09. The van der Waals surface area contributed by atoms with Crippen LogP contribution in [0, 0.1) is 12.7 Å². The topological polar surface area (TPSA) is 0 Å². The number of halogens is 1. The highest BCUT2D eigenvalue weighted by Gasteiger charge is 2.06. The van der Waals surface area contributed by atoms with Gasteiger partial charge in [-0.2, -0.15) is 0 Å². The third-order valence-corrected chi connectivity index (χ3v) is 3.98. The third kappa shape index (κ3) is 1.25. The van der Waals surface area contributed by atoms with Crippen LogP contribution in [0.25, 0.3) is 20.2 Å². The van der Waals surface area contributed by atoms with Crippen LogP contribution in [0.1, 0.15) is 5.56 Å². The van der Waals surface area contributed by atoms with Crippen molar-refractivity contribution in [3.05, 3.63) is 47.8 Å². The highest BCUT2D eigenvalue weighted by Crippen LogP contribution is 2.35. The molecule has 0 aliphatic rings. The van der Waals surface area contributed by atoms with E-state index < -0.39 is 0 Å². The molecule has 0 aliphatic carbocycles. The van der Waals surface area contributed by atoms with Gasteiger partial charge in [0.05, 0.1) is 0 Å². The molecule has 15 heavy (non-hydrogen) atoms. The normalized spacial score (nSPS) is 11.3. The van der Waals surface area contributed by atoms with Crippen molar-refractivity contribution in [2.45, 2.75) is 6.92 Å². The van der Waals surface area contributed by atoms with Gasteiger partial charge in [-0.1, -0.05) is 18.2 Å². The summed E-state index contributed by atoms with van der Waals surface area (Å²) >= 11 is 1.73. The van der Waals surface area contributed by atoms with E-state index in [1.807, 2.05) is 12.1 Å².